The van der Waals surface area contributed by atoms with E-state index >= 15 is 8.78 Å². The van der Waals surface area contributed by atoms with Crippen LogP contribution in [0.15, 0.2) is 42.0 Å². The van der Waals surface area contributed by atoms with Crippen molar-refractivity contribution >= 4 is 5.57 Å². The molecule has 0 unspecified atom stereocenters. The second-order valence-corrected chi connectivity index (χ2v) is 11.2. The van der Waals surface area contributed by atoms with Crippen LogP contribution < -0.4 is 4.74 Å². The van der Waals surface area contributed by atoms with Gasteiger partial charge in [0.1, 0.15) is 23.1 Å². The Labute approximate surface area is 219 Å². The highest BCUT2D eigenvalue weighted by atomic mass is 19.1. The highest BCUT2D eigenvalue weighted by Gasteiger charge is 2.42. The molecule has 37 heavy (non-hydrogen) atoms. The Bertz CT molecular complexity index is 1080. The molecule has 6 heteroatoms. The molecule has 0 radical (unpaired) electrons. The summed E-state index contributed by atoms with van der Waals surface area (Å²) in [5.41, 5.74) is 2.88. The number of alkyl halides is 1. The van der Waals surface area contributed by atoms with Gasteiger partial charge in [-0.2, -0.15) is 0 Å². The third-order valence-corrected chi connectivity index (χ3v) is 7.54. The molecule has 0 saturated carbocycles. The number of aliphatic hydroxyl groups excluding tert-OH is 1. The predicted molar refractivity (Wildman–Crippen MR) is 142 cm³/mol. The van der Waals surface area contributed by atoms with E-state index in [9.17, 15) is 4.39 Å². The van der Waals surface area contributed by atoms with Gasteiger partial charge in [-0.05, 0) is 68.7 Å². The molecule has 0 aromatic heterocycles. The van der Waals surface area contributed by atoms with Gasteiger partial charge in [0.2, 0.25) is 0 Å². The normalized spacial score (nSPS) is 19.8. The van der Waals surface area contributed by atoms with Crippen LogP contribution in [0.2, 0.25) is 0 Å². The molecule has 2 aliphatic rings. The van der Waals surface area contributed by atoms with E-state index < -0.39 is 23.3 Å². The van der Waals surface area contributed by atoms with Gasteiger partial charge in [0.15, 0.2) is 0 Å². The minimum Gasteiger partial charge on any atom is -0.493 e. The fraction of sp³-hybridized carbons (Fsp3) is 0.548. The highest BCUT2D eigenvalue weighted by Crippen LogP contribution is 2.50. The third-order valence-electron chi connectivity index (χ3n) is 7.54. The smallest absolute Gasteiger partial charge is 0.134 e. The van der Waals surface area contributed by atoms with E-state index in [0.717, 1.165) is 67.2 Å². The van der Waals surface area contributed by atoms with Gasteiger partial charge < -0.3 is 9.84 Å². The summed E-state index contributed by atoms with van der Waals surface area (Å²) >= 11 is 0. The lowest BCUT2D eigenvalue weighted by Gasteiger charge is -2.44. The van der Waals surface area contributed by atoms with Crippen LogP contribution in [0.4, 0.5) is 13.2 Å². The molecule has 0 bridgehead atoms. The van der Waals surface area contributed by atoms with Crippen LogP contribution in [0, 0.1) is 11.6 Å². The number of nitrogens with zero attached hydrogens (tertiary/aromatic N) is 1. The quantitative estimate of drug-likeness (QED) is 0.296. The van der Waals surface area contributed by atoms with E-state index in [0.29, 0.717) is 13.0 Å². The van der Waals surface area contributed by atoms with Crippen LogP contribution in [-0.4, -0.2) is 41.5 Å². The van der Waals surface area contributed by atoms with Crippen LogP contribution in [0.25, 0.3) is 5.57 Å². The van der Waals surface area contributed by atoms with Crippen LogP contribution in [-0.2, 0) is 6.42 Å². The number of ether oxygens (including phenoxy) is 1. The molecular weight excluding hydrogens is 475 g/mol. The molecule has 0 spiro atoms. The Morgan fingerprint density at radius 3 is 2.32 bits per heavy atom. The van der Waals surface area contributed by atoms with E-state index in [-0.39, 0.29) is 30.5 Å². The average molecular weight is 516 g/mol. The van der Waals surface area contributed by atoms with Crippen molar-refractivity contribution in [2.45, 2.75) is 89.9 Å². The average Bonchev–Trinajstić information content (AvgIpc) is 3.19. The number of hydrogen-bond acceptors (Lipinski definition) is 3. The topological polar surface area (TPSA) is 32.7 Å². The molecule has 1 aliphatic carbocycles. The molecule has 0 fully saturated rings. The number of benzene rings is 2. The maximum Gasteiger partial charge on any atom is 0.134 e. The second kappa shape index (κ2) is 12.0. The largest absolute Gasteiger partial charge is 0.493 e. The van der Waals surface area contributed by atoms with Gasteiger partial charge in [-0.15, -0.1) is 0 Å². The molecule has 2 aromatic carbocycles. The molecule has 3 nitrogen and oxygen atoms in total. The summed E-state index contributed by atoms with van der Waals surface area (Å²) < 4.78 is 52.0. The zero-order chi connectivity index (χ0) is 26.6. The zero-order valence-electron chi connectivity index (χ0n) is 22.3. The Morgan fingerprint density at radius 1 is 1.00 bits per heavy atom. The number of fused-ring (bicyclic) bond motifs is 2. The predicted octanol–water partition coefficient (Wildman–Crippen LogP) is 7.57. The molecular formula is C31H40F3NO2. The monoisotopic (exact) mass is 515 g/mol. The number of rotatable bonds is 12. The lowest BCUT2D eigenvalue weighted by Crippen LogP contribution is -2.47. The molecule has 202 valence electrons. The molecule has 2 aromatic rings. The minimum absolute atomic E-state index is 0.0210. The first-order valence-corrected chi connectivity index (χ1v) is 13.7. The molecule has 0 amide bonds. The van der Waals surface area contributed by atoms with E-state index in [4.69, 9.17) is 9.84 Å². The number of unbranched alkanes of at least 4 members (excludes halogenated alkanes) is 5. The Hall–Kier alpha value is -2.31. The fourth-order valence-corrected chi connectivity index (χ4v) is 5.86. The molecule has 2 atom stereocenters. The van der Waals surface area contributed by atoms with Crippen molar-refractivity contribution in [3.63, 3.8) is 0 Å². The van der Waals surface area contributed by atoms with Gasteiger partial charge in [0, 0.05) is 36.9 Å². The van der Waals surface area contributed by atoms with Crippen LogP contribution in [0.5, 0.6) is 5.75 Å². The van der Waals surface area contributed by atoms with Crippen LogP contribution in [0.3, 0.4) is 0 Å². The SMILES string of the molecule is C[C@@H]1CC2=C(Cc3ccccc32)[C@@H](c2c(F)cc(OCCCCCCCCO)cc2F)N1CC(C)(C)F. The Morgan fingerprint density at radius 2 is 1.65 bits per heavy atom. The minimum atomic E-state index is -1.51. The first-order valence-electron chi connectivity index (χ1n) is 13.7. The molecule has 4 rings (SSSR count). The van der Waals surface area contributed by atoms with Crippen LogP contribution in [0.1, 0.15) is 88.4 Å². The summed E-state index contributed by atoms with van der Waals surface area (Å²) in [5, 5.41) is 8.84. The molecule has 0 saturated heterocycles. The third kappa shape index (κ3) is 6.58. The molecule has 1 heterocycles. The van der Waals surface area contributed by atoms with Crippen molar-refractivity contribution in [1.29, 1.82) is 0 Å². The van der Waals surface area contributed by atoms with Crippen molar-refractivity contribution in [3.05, 3.63) is 70.3 Å². The van der Waals surface area contributed by atoms with Gasteiger partial charge in [-0.25, -0.2) is 13.2 Å². The van der Waals surface area contributed by atoms with Gasteiger partial charge in [-0.1, -0.05) is 49.9 Å². The summed E-state index contributed by atoms with van der Waals surface area (Å²) in [7, 11) is 0. The lowest BCUT2D eigenvalue weighted by atomic mass is 9.84. The van der Waals surface area contributed by atoms with Gasteiger partial charge >= 0.3 is 0 Å². The van der Waals surface area contributed by atoms with E-state index in [1.165, 1.54) is 26.0 Å². The second-order valence-electron chi connectivity index (χ2n) is 11.2. The standard InChI is InChI=1S/C31H40F3NO2/c1-21-16-25-24-13-9-8-12-22(24)17-26(25)30(35(21)20-31(2,3)34)29-27(32)18-23(19-28(29)33)37-15-11-7-5-4-6-10-14-36/h8-9,12-13,18-19,21,30,36H,4-7,10-11,14-17,20H2,1-3H3/t21-,30+/m1/s1. The summed E-state index contributed by atoms with van der Waals surface area (Å²) in [6.45, 7) is 5.75. The summed E-state index contributed by atoms with van der Waals surface area (Å²) in [4.78, 5) is 1.93. The first kappa shape index (κ1) is 27.7. The summed E-state index contributed by atoms with van der Waals surface area (Å²) in [6.07, 6.45) is 7.06. The number of aliphatic hydroxyl groups is 1. The maximum absolute atomic E-state index is 15.7. The maximum atomic E-state index is 15.7. The Kier molecular flexibility index (Phi) is 9.02. The van der Waals surface area contributed by atoms with Gasteiger partial charge in [0.25, 0.3) is 0 Å². The van der Waals surface area contributed by atoms with E-state index in [2.05, 4.69) is 12.1 Å². The van der Waals surface area contributed by atoms with Crippen molar-refractivity contribution < 1.29 is 23.0 Å². The summed E-state index contributed by atoms with van der Waals surface area (Å²) in [6, 6.07) is 9.93. The first-order chi connectivity index (χ1) is 17.7. The fourth-order valence-electron chi connectivity index (χ4n) is 5.86. The van der Waals surface area contributed by atoms with Gasteiger partial charge in [0.05, 0.1) is 12.6 Å². The summed E-state index contributed by atoms with van der Waals surface area (Å²) in [5.74, 6) is -1.12. The highest BCUT2D eigenvalue weighted by molar-refractivity contribution is 5.79. The number of hydrogen-bond donors (Lipinski definition) is 1. The van der Waals surface area contributed by atoms with Crippen LogP contribution >= 0.6 is 0 Å². The van der Waals surface area contributed by atoms with Crippen molar-refractivity contribution in [1.82, 2.24) is 4.90 Å². The van der Waals surface area contributed by atoms with Gasteiger partial charge in [-0.3, -0.25) is 4.90 Å². The van der Waals surface area contributed by atoms with E-state index in [1.807, 2.05) is 24.0 Å². The van der Waals surface area contributed by atoms with Crippen molar-refractivity contribution in [2.24, 2.45) is 0 Å². The molecule has 1 aliphatic heterocycles. The van der Waals surface area contributed by atoms with E-state index in [1.54, 1.807) is 0 Å². The zero-order valence-corrected chi connectivity index (χ0v) is 22.3. The lowest BCUT2D eigenvalue weighted by molar-refractivity contribution is 0.0676. The Balaban J connectivity index is 1.56. The number of halogens is 3. The van der Waals surface area contributed by atoms with Crippen molar-refractivity contribution in [3.8, 4) is 5.75 Å². The van der Waals surface area contributed by atoms with Crippen molar-refractivity contribution in [2.75, 3.05) is 19.8 Å². The molecule has 1 N–H and O–H groups in total.